The van der Waals surface area contributed by atoms with E-state index in [9.17, 15) is 0 Å². The van der Waals surface area contributed by atoms with Crippen molar-refractivity contribution in [3.05, 3.63) is 150 Å². The first kappa shape index (κ1) is 27.0. The fourth-order valence-electron chi connectivity index (χ4n) is 4.42. The minimum Gasteiger partial charge on any atom is -0.368 e. The molecule has 4 rings (SSSR count). The minimum atomic E-state index is 0.115. The van der Waals surface area contributed by atoms with Gasteiger partial charge in [-0.2, -0.15) is 0 Å². The van der Waals surface area contributed by atoms with Crippen molar-refractivity contribution in [2.24, 2.45) is 0 Å². The van der Waals surface area contributed by atoms with Gasteiger partial charge in [0.2, 0.25) is 0 Å². The normalized spacial score (nSPS) is 12.6. The van der Waals surface area contributed by atoms with Crippen LogP contribution in [0.1, 0.15) is 18.9 Å². The zero-order chi connectivity index (χ0) is 26.9. The van der Waals surface area contributed by atoms with E-state index in [1.165, 1.54) is 16.7 Å². The predicted octanol–water partition coefficient (Wildman–Crippen LogP) is 9.91. The highest BCUT2D eigenvalue weighted by Gasteiger charge is 2.16. The molecule has 0 radical (unpaired) electrons. The first-order valence-corrected chi connectivity index (χ1v) is 13.3. The van der Waals surface area contributed by atoms with Crippen molar-refractivity contribution >= 4 is 28.7 Å². The van der Waals surface area contributed by atoms with Crippen molar-refractivity contribution in [1.29, 1.82) is 0 Å². The Labute approximate surface area is 232 Å². The first-order chi connectivity index (χ1) is 18.5. The van der Waals surface area contributed by atoms with Crippen LogP contribution in [0.2, 0.25) is 0 Å². The molecule has 0 aliphatic heterocycles. The van der Waals surface area contributed by atoms with Gasteiger partial charge in [0, 0.05) is 47.3 Å². The SMILES string of the molecule is C=CC/C(=C\C(Cl)=C/C(C)N(C)c1ccccc1)N(c1ccc(C)cc1)c1ccc(-c2ccccc2)cc1. The highest BCUT2D eigenvalue weighted by molar-refractivity contribution is 6.31. The molecule has 0 saturated carbocycles. The largest absolute Gasteiger partial charge is 0.368 e. The van der Waals surface area contributed by atoms with Gasteiger partial charge in [-0.1, -0.05) is 96.0 Å². The van der Waals surface area contributed by atoms with Gasteiger partial charge >= 0.3 is 0 Å². The number of anilines is 3. The summed E-state index contributed by atoms with van der Waals surface area (Å²) in [5, 5.41) is 0.690. The Hall–Kier alpha value is -4.01. The molecule has 0 spiro atoms. The van der Waals surface area contributed by atoms with E-state index in [1.807, 2.05) is 18.2 Å². The monoisotopic (exact) mass is 518 g/mol. The van der Waals surface area contributed by atoms with Crippen LogP contribution in [-0.2, 0) is 0 Å². The van der Waals surface area contributed by atoms with Gasteiger partial charge in [0.15, 0.2) is 0 Å². The fourth-order valence-corrected chi connectivity index (χ4v) is 4.73. The average Bonchev–Trinajstić information content (AvgIpc) is 2.95. The summed E-state index contributed by atoms with van der Waals surface area (Å²) in [7, 11) is 2.09. The van der Waals surface area contributed by atoms with E-state index in [0.29, 0.717) is 11.5 Å². The van der Waals surface area contributed by atoms with Gasteiger partial charge in [-0.3, -0.25) is 0 Å². The van der Waals surface area contributed by atoms with Crippen molar-refractivity contribution in [3.63, 3.8) is 0 Å². The molecule has 1 unspecified atom stereocenters. The molecule has 2 nitrogen and oxygen atoms in total. The van der Waals surface area contributed by atoms with E-state index in [2.05, 4.69) is 146 Å². The van der Waals surface area contributed by atoms with Crippen molar-refractivity contribution in [2.75, 3.05) is 16.8 Å². The number of aryl methyl sites for hydroxylation is 1. The molecule has 4 aromatic carbocycles. The summed E-state index contributed by atoms with van der Waals surface area (Å²) in [5.41, 5.74) is 7.95. The Balaban J connectivity index is 1.71. The maximum absolute atomic E-state index is 6.88. The van der Waals surface area contributed by atoms with Crippen LogP contribution in [0.4, 0.5) is 17.1 Å². The number of rotatable bonds is 10. The first-order valence-electron chi connectivity index (χ1n) is 12.9. The van der Waals surface area contributed by atoms with Crippen LogP contribution in [0.3, 0.4) is 0 Å². The smallest absolute Gasteiger partial charge is 0.0458 e. The lowest BCUT2D eigenvalue weighted by molar-refractivity contribution is 0.822. The number of benzene rings is 4. The number of hydrogen-bond acceptors (Lipinski definition) is 2. The number of para-hydroxylation sites is 1. The van der Waals surface area contributed by atoms with Gasteiger partial charge in [0.25, 0.3) is 0 Å². The van der Waals surface area contributed by atoms with Crippen LogP contribution >= 0.6 is 11.6 Å². The lowest BCUT2D eigenvalue weighted by Crippen LogP contribution is -2.27. The second kappa shape index (κ2) is 13.0. The number of allylic oxidation sites excluding steroid dienone is 3. The van der Waals surface area contributed by atoms with Crippen molar-refractivity contribution in [3.8, 4) is 11.1 Å². The average molecular weight is 519 g/mol. The Morgan fingerprint density at radius 3 is 1.87 bits per heavy atom. The van der Waals surface area contributed by atoms with Crippen molar-refractivity contribution < 1.29 is 0 Å². The lowest BCUT2D eigenvalue weighted by Gasteiger charge is -2.28. The third-order valence-corrected chi connectivity index (χ3v) is 6.88. The number of likely N-dealkylation sites (N-methyl/N-ethyl adjacent to an activating group) is 1. The summed E-state index contributed by atoms with van der Waals surface area (Å²) < 4.78 is 0. The Morgan fingerprint density at radius 2 is 1.29 bits per heavy atom. The van der Waals surface area contributed by atoms with E-state index in [-0.39, 0.29) is 6.04 Å². The molecule has 0 heterocycles. The second-order valence-corrected chi connectivity index (χ2v) is 9.89. The molecule has 4 aromatic rings. The van der Waals surface area contributed by atoms with Crippen LogP contribution in [-0.4, -0.2) is 13.1 Å². The Bertz CT molecular complexity index is 1370. The lowest BCUT2D eigenvalue weighted by atomic mass is 10.0. The van der Waals surface area contributed by atoms with Crippen LogP contribution < -0.4 is 9.80 Å². The van der Waals surface area contributed by atoms with E-state index in [1.54, 1.807) is 0 Å². The number of halogens is 1. The molecule has 0 saturated heterocycles. The summed E-state index contributed by atoms with van der Waals surface area (Å²) in [6, 6.07) is 38.2. The summed E-state index contributed by atoms with van der Waals surface area (Å²) >= 11 is 6.88. The molecule has 0 bridgehead atoms. The maximum Gasteiger partial charge on any atom is 0.0458 e. The topological polar surface area (TPSA) is 6.48 Å². The molecule has 0 fully saturated rings. The van der Waals surface area contributed by atoms with Gasteiger partial charge in [0.1, 0.15) is 0 Å². The third-order valence-electron chi connectivity index (χ3n) is 6.64. The van der Waals surface area contributed by atoms with Crippen LogP contribution in [0.15, 0.2) is 145 Å². The molecule has 38 heavy (non-hydrogen) atoms. The van der Waals surface area contributed by atoms with E-state index in [4.69, 9.17) is 11.6 Å². The summed E-state index contributed by atoms with van der Waals surface area (Å²) in [6.45, 7) is 8.29. The standard InChI is InChI=1S/C35H35ClN2/c1-5-12-35(26-31(36)25-28(3)37(4)32-15-10-7-11-16-32)38(33-21-17-27(2)18-22-33)34-23-19-30(20-24-34)29-13-8-6-9-14-29/h5-11,13-26,28H,1,12H2,2-4H3/b31-25+,35-26+. The van der Waals surface area contributed by atoms with E-state index in [0.717, 1.165) is 22.8 Å². The van der Waals surface area contributed by atoms with Crippen LogP contribution in [0, 0.1) is 6.92 Å². The van der Waals surface area contributed by atoms with Gasteiger partial charge in [-0.25, -0.2) is 0 Å². The predicted molar refractivity (Wildman–Crippen MR) is 166 cm³/mol. The summed E-state index contributed by atoms with van der Waals surface area (Å²) in [5.74, 6) is 0. The Kier molecular flexibility index (Phi) is 9.24. The maximum atomic E-state index is 6.88. The zero-order valence-corrected chi connectivity index (χ0v) is 23.1. The quantitative estimate of drug-likeness (QED) is 0.152. The van der Waals surface area contributed by atoms with Crippen LogP contribution in [0.5, 0.6) is 0 Å². The molecule has 0 N–H and O–H groups in total. The summed E-state index contributed by atoms with van der Waals surface area (Å²) in [4.78, 5) is 4.47. The van der Waals surface area contributed by atoms with Gasteiger partial charge in [-0.05, 0) is 73.5 Å². The van der Waals surface area contributed by atoms with Crippen molar-refractivity contribution in [1.82, 2.24) is 0 Å². The molecule has 1 atom stereocenters. The molecule has 3 heteroatoms. The molecule has 0 aromatic heterocycles. The third kappa shape index (κ3) is 6.85. The molecular weight excluding hydrogens is 484 g/mol. The highest BCUT2D eigenvalue weighted by Crippen LogP contribution is 2.34. The highest BCUT2D eigenvalue weighted by atomic mass is 35.5. The second-order valence-electron chi connectivity index (χ2n) is 9.45. The zero-order valence-electron chi connectivity index (χ0n) is 22.4. The van der Waals surface area contributed by atoms with Crippen LogP contribution in [0.25, 0.3) is 11.1 Å². The number of hydrogen-bond donors (Lipinski definition) is 0. The van der Waals surface area contributed by atoms with Gasteiger partial charge < -0.3 is 9.80 Å². The minimum absolute atomic E-state index is 0.115. The molecule has 192 valence electrons. The van der Waals surface area contributed by atoms with Crippen molar-refractivity contribution in [2.45, 2.75) is 26.3 Å². The Morgan fingerprint density at radius 1 is 0.763 bits per heavy atom. The van der Waals surface area contributed by atoms with Gasteiger partial charge in [-0.15, -0.1) is 6.58 Å². The van der Waals surface area contributed by atoms with E-state index < -0.39 is 0 Å². The number of nitrogens with zero attached hydrogens (tertiary/aromatic N) is 2. The molecular formula is C35H35ClN2. The van der Waals surface area contributed by atoms with Gasteiger partial charge in [0.05, 0.1) is 0 Å². The fraction of sp³-hybridized carbons (Fsp3) is 0.143. The molecule has 0 amide bonds. The molecule has 0 aliphatic rings. The van der Waals surface area contributed by atoms with E-state index >= 15 is 0 Å². The summed E-state index contributed by atoms with van der Waals surface area (Å²) in [6.07, 6.45) is 6.74. The molecule has 0 aliphatic carbocycles.